The Bertz CT molecular complexity index is 2770. The predicted molar refractivity (Wildman–Crippen MR) is 240 cm³/mol. The smallest absolute Gasteiger partial charge is 0.510 e. The zero-order valence-corrected chi connectivity index (χ0v) is 37.9. The van der Waals surface area contributed by atoms with Gasteiger partial charge in [-0.15, -0.1) is 23.6 Å². The SMILES string of the molecule is [2H]C([2H])([2H])[C@H]1N=C(c2[c-]c(Oc3[c-]c4c(cc3)c3cc(C(C)(C)C)ccc3n4-c3cc(C(C)(C)C)ccn3)cc(-c3c(C(C)C)cccc3C(C)C)c2)O[C@H]1c1ccccc1.[Pt+2]. The molecule has 3 heterocycles. The molecule has 6 heteroatoms. The van der Waals surface area contributed by atoms with Crippen molar-refractivity contribution >= 4 is 27.7 Å². The Labute approximate surface area is 369 Å². The Kier molecular flexibility index (Phi) is 10.5. The monoisotopic (exact) mass is 963 g/mol. The molecule has 1 aliphatic rings. The second kappa shape index (κ2) is 16.2. The Morgan fingerprint density at radius 1 is 0.729 bits per heavy atom. The molecule has 2 atom stereocenters. The number of hydrogen-bond acceptors (Lipinski definition) is 4. The average molecular weight is 964 g/mol. The Morgan fingerprint density at radius 3 is 2.08 bits per heavy atom. The zero-order valence-electron chi connectivity index (χ0n) is 38.7. The third-order valence-corrected chi connectivity index (χ3v) is 11.2. The second-order valence-corrected chi connectivity index (χ2v) is 18.3. The fourth-order valence-corrected chi connectivity index (χ4v) is 7.99. The largest absolute Gasteiger partial charge is 2.00 e. The van der Waals surface area contributed by atoms with Crippen LogP contribution in [0.4, 0.5) is 0 Å². The minimum Gasteiger partial charge on any atom is -0.510 e. The van der Waals surface area contributed by atoms with Gasteiger partial charge in [0, 0.05) is 27.3 Å². The number of hydrogen-bond donors (Lipinski definition) is 0. The molecule has 0 unspecified atom stereocenters. The molecule has 0 saturated heterocycles. The van der Waals surface area contributed by atoms with E-state index in [1.54, 1.807) is 0 Å². The molecule has 2 aromatic heterocycles. The Hall–Kier alpha value is -4.99. The first-order valence-electron chi connectivity index (χ1n) is 21.9. The summed E-state index contributed by atoms with van der Waals surface area (Å²) in [6.07, 6.45) is 1.09. The van der Waals surface area contributed by atoms with Gasteiger partial charge in [0.1, 0.15) is 17.8 Å². The van der Waals surface area contributed by atoms with Gasteiger partial charge in [0.2, 0.25) is 0 Å². The summed E-state index contributed by atoms with van der Waals surface area (Å²) in [7, 11) is 0. The van der Waals surface area contributed by atoms with Crippen LogP contribution in [-0.4, -0.2) is 21.5 Å². The number of benzene rings is 5. The molecule has 0 aliphatic carbocycles. The summed E-state index contributed by atoms with van der Waals surface area (Å²) in [4.78, 5) is 9.68. The van der Waals surface area contributed by atoms with Crippen molar-refractivity contribution in [3.8, 4) is 28.4 Å². The van der Waals surface area contributed by atoms with Crippen LogP contribution in [0.5, 0.6) is 11.5 Å². The molecule has 0 fully saturated rings. The van der Waals surface area contributed by atoms with Crippen molar-refractivity contribution < 1.29 is 34.7 Å². The summed E-state index contributed by atoms with van der Waals surface area (Å²) in [5.41, 5.74) is 9.85. The molecule has 0 radical (unpaired) electrons. The van der Waals surface area contributed by atoms with E-state index in [0.717, 1.165) is 44.3 Å². The summed E-state index contributed by atoms with van der Waals surface area (Å²) in [6, 6.07) is 40.9. The van der Waals surface area contributed by atoms with E-state index < -0.39 is 19.0 Å². The van der Waals surface area contributed by atoms with Crippen LogP contribution in [-0.2, 0) is 36.6 Å². The third-order valence-electron chi connectivity index (χ3n) is 11.2. The molecule has 7 aromatic rings. The van der Waals surface area contributed by atoms with E-state index in [2.05, 4.69) is 141 Å². The van der Waals surface area contributed by atoms with Gasteiger partial charge in [-0.1, -0.05) is 159 Å². The summed E-state index contributed by atoms with van der Waals surface area (Å²) >= 11 is 0. The van der Waals surface area contributed by atoms with Crippen molar-refractivity contribution in [3.63, 3.8) is 0 Å². The van der Waals surface area contributed by atoms with Gasteiger partial charge < -0.3 is 14.0 Å². The second-order valence-electron chi connectivity index (χ2n) is 18.3. The Morgan fingerprint density at radius 2 is 1.42 bits per heavy atom. The van der Waals surface area contributed by atoms with Crippen molar-refractivity contribution in [1.29, 1.82) is 0 Å². The Balaban J connectivity index is 0.00000578. The molecule has 59 heavy (non-hydrogen) atoms. The minimum atomic E-state index is -2.40. The van der Waals surface area contributed by atoms with E-state index in [4.69, 9.17) is 23.6 Å². The zero-order chi connectivity index (χ0) is 43.6. The number of ether oxygens (including phenoxy) is 2. The van der Waals surface area contributed by atoms with Crippen molar-refractivity contribution in [2.75, 3.05) is 0 Å². The maximum atomic E-state index is 8.45. The first kappa shape index (κ1) is 38.2. The summed E-state index contributed by atoms with van der Waals surface area (Å²) < 4.78 is 40.9. The van der Waals surface area contributed by atoms with Crippen molar-refractivity contribution in [1.82, 2.24) is 9.55 Å². The van der Waals surface area contributed by atoms with E-state index in [1.165, 1.54) is 22.3 Å². The topological polar surface area (TPSA) is 48.6 Å². The van der Waals surface area contributed by atoms with Gasteiger partial charge in [-0.2, -0.15) is 6.07 Å². The maximum Gasteiger partial charge on any atom is 2.00 e. The molecular formula is C53H55N3O2Pt. The molecule has 0 saturated carbocycles. The van der Waals surface area contributed by atoms with E-state index in [1.807, 2.05) is 54.7 Å². The molecule has 0 bridgehead atoms. The number of fused-ring (bicyclic) bond motifs is 3. The van der Waals surface area contributed by atoms with Crippen molar-refractivity contribution in [2.24, 2.45) is 4.99 Å². The molecule has 0 amide bonds. The first-order chi connectivity index (χ1) is 28.8. The van der Waals surface area contributed by atoms with Gasteiger partial charge in [0.15, 0.2) is 0 Å². The average Bonchev–Trinajstić information content (AvgIpc) is 3.81. The summed E-state index contributed by atoms with van der Waals surface area (Å²) in [6.45, 7) is 19.7. The number of nitrogens with zero attached hydrogens (tertiary/aromatic N) is 3. The quantitative estimate of drug-likeness (QED) is 0.143. The van der Waals surface area contributed by atoms with Crippen LogP contribution < -0.4 is 4.74 Å². The van der Waals surface area contributed by atoms with E-state index in [0.29, 0.717) is 17.1 Å². The molecular weight excluding hydrogens is 906 g/mol. The van der Waals surface area contributed by atoms with Crippen LogP contribution in [0.3, 0.4) is 0 Å². The molecule has 1 aliphatic heterocycles. The minimum absolute atomic E-state index is 0. The van der Waals surface area contributed by atoms with E-state index in [9.17, 15) is 0 Å². The normalized spacial score (nSPS) is 16.7. The number of rotatable bonds is 8. The fraction of sp³-hybridized carbons (Fsp3) is 0.321. The number of aromatic nitrogens is 2. The van der Waals surface area contributed by atoms with Crippen LogP contribution in [0.1, 0.15) is 132 Å². The molecule has 304 valence electrons. The number of pyridine rings is 1. The van der Waals surface area contributed by atoms with Crippen LogP contribution in [0.2, 0.25) is 0 Å². The molecule has 8 rings (SSSR count). The van der Waals surface area contributed by atoms with Crippen molar-refractivity contribution in [2.45, 2.75) is 111 Å². The van der Waals surface area contributed by atoms with Crippen molar-refractivity contribution in [3.05, 3.63) is 155 Å². The molecule has 5 nitrogen and oxygen atoms in total. The van der Waals surface area contributed by atoms with Crippen LogP contribution in [0.25, 0.3) is 38.8 Å². The molecule has 5 aromatic carbocycles. The molecule has 0 spiro atoms. The molecule has 0 N–H and O–H groups in total. The third kappa shape index (κ3) is 8.29. The van der Waals surface area contributed by atoms with Gasteiger partial charge in [-0.25, -0.2) is 4.98 Å². The van der Waals surface area contributed by atoms with Gasteiger partial charge in [-0.3, -0.25) is 4.99 Å². The van der Waals surface area contributed by atoms with E-state index >= 15 is 0 Å². The summed E-state index contributed by atoms with van der Waals surface area (Å²) in [5, 5.41) is 2.15. The fourth-order valence-electron chi connectivity index (χ4n) is 7.99. The van der Waals surface area contributed by atoms with Gasteiger partial charge in [0.25, 0.3) is 0 Å². The standard InChI is InChI=1S/C53H55N3O2.Pt/c1-32(2)42-18-15-19-43(33(3)4)49(42)36-26-37(51-55-34(5)50(58-51)35-16-13-12-14-17-35)28-41(27-36)57-40-21-22-44-45-29-38(52(6,7)8)20-23-46(45)56(47(44)31-40)48-30-39(24-25-54-48)53(9,10)11;/h12-27,29-30,32-34,50H,1-11H3;/q-2;+2/t34-,50-;/m1./s1/i5D3;. The van der Waals surface area contributed by atoms with E-state index in [-0.39, 0.29) is 49.6 Å². The summed E-state index contributed by atoms with van der Waals surface area (Å²) in [5.74, 6) is 2.41. The van der Waals surface area contributed by atoms with Gasteiger partial charge in [-0.05, 0) is 86.5 Å². The van der Waals surface area contributed by atoms with Gasteiger partial charge >= 0.3 is 21.1 Å². The maximum absolute atomic E-state index is 8.45. The van der Waals surface area contributed by atoms with Gasteiger partial charge in [0.05, 0.1) is 6.04 Å². The predicted octanol–water partition coefficient (Wildman–Crippen LogP) is 14.0. The van der Waals surface area contributed by atoms with Crippen LogP contribution >= 0.6 is 0 Å². The first-order valence-corrected chi connectivity index (χ1v) is 20.4. The number of aliphatic imine (C=N–C) groups is 1. The van der Waals surface area contributed by atoms with Crippen LogP contribution in [0, 0.1) is 12.1 Å². The van der Waals surface area contributed by atoms with Crippen LogP contribution in [0.15, 0.2) is 114 Å².